The molecule has 0 aromatic carbocycles. The first kappa shape index (κ1) is 7.51. The highest BCUT2D eigenvalue weighted by atomic mass is 16.6. The van der Waals surface area contributed by atoms with Crippen LogP contribution < -0.4 is 0 Å². The minimum Gasteiger partial charge on any atom is -0.264 e. The van der Waals surface area contributed by atoms with Gasteiger partial charge in [0, 0.05) is 24.7 Å². The molecule has 1 rings (SSSR count). The minimum atomic E-state index is -0.849. The van der Waals surface area contributed by atoms with Gasteiger partial charge in [0.2, 0.25) is 5.54 Å². The van der Waals surface area contributed by atoms with Crippen LogP contribution in [0.3, 0.4) is 0 Å². The largest absolute Gasteiger partial charge is 0.264 e. The summed E-state index contributed by atoms with van der Waals surface area (Å²) in [6.45, 7) is 3.63. The average Bonchev–Trinajstić information content (AvgIpc) is 1.89. The summed E-state index contributed by atoms with van der Waals surface area (Å²) >= 11 is 0. The van der Waals surface area contributed by atoms with E-state index in [4.69, 9.17) is 0 Å². The standard InChI is InChI=1S/C7H12NO2/c1-7(8(9)10)5-3-2-4-6-7/h1-6H2. The molecule has 0 aromatic heterocycles. The van der Waals surface area contributed by atoms with E-state index in [1.54, 1.807) is 0 Å². The van der Waals surface area contributed by atoms with Gasteiger partial charge in [-0.05, 0) is 12.8 Å². The molecule has 1 aliphatic carbocycles. The van der Waals surface area contributed by atoms with Crippen molar-refractivity contribution in [3.8, 4) is 0 Å². The molecular weight excluding hydrogens is 130 g/mol. The monoisotopic (exact) mass is 142 g/mol. The molecule has 0 N–H and O–H groups in total. The van der Waals surface area contributed by atoms with Gasteiger partial charge < -0.3 is 0 Å². The van der Waals surface area contributed by atoms with Gasteiger partial charge in [-0.25, -0.2) is 0 Å². The van der Waals surface area contributed by atoms with Crippen LogP contribution in [0.25, 0.3) is 0 Å². The van der Waals surface area contributed by atoms with E-state index in [2.05, 4.69) is 6.92 Å². The van der Waals surface area contributed by atoms with Crippen molar-refractivity contribution in [2.24, 2.45) is 0 Å². The highest BCUT2D eigenvalue weighted by Crippen LogP contribution is 2.29. The third-order valence-electron chi connectivity index (χ3n) is 2.17. The first-order valence-corrected chi connectivity index (χ1v) is 3.65. The van der Waals surface area contributed by atoms with Crippen molar-refractivity contribution >= 4 is 0 Å². The Morgan fingerprint density at radius 3 is 2.10 bits per heavy atom. The van der Waals surface area contributed by atoms with Gasteiger partial charge in [0.05, 0.1) is 0 Å². The Morgan fingerprint density at radius 2 is 1.80 bits per heavy atom. The zero-order valence-electron chi connectivity index (χ0n) is 6.01. The van der Waals surface area contributed by atoms with Crippen molar-refractivity contribution in [2.75, 3.05) is 0 Å². The molecule has 0 bridgehead atoms. The molecule has 0 saturated heterocycles. The van der Waals surface area contributed by atoms with Crippen molar-refractivity contribution in [1.29, 1.82) is 0 Å². The lowest BCUT2D eigenvalue weighted by molar-refractivity contribution is -0.560. The van der Waals surface area contributed by atoms with Gasteiger partial charge in [-0.15, -0.1) is 0 Å². The maximum atomic E-state index is 10.4. The van der Waals surface area contributed by atoms with Gasteiger partial charge >= 0.3 is 0 Å². The fraction of sp³-hybridized carbons (Fsp3) is 0.857. The van der Waals surface area contributed by atoms with Gasteiger partial charge in [0.25, 0.3) is 0 Å². The Labute approximate surface area is 60.6 Å². The highest BCUT2D eigenvalue weighted by Gasteiger charge is 2.38. The molecule has 1 radical (unpaired) electrons. The smallest absolute Gasteiger partial charge is 0.222 e. The summed E-state index contributed by atoms with van der Waals surface area (Å²) in [4.78, 5) is 10.2. The Hall–Kier alpha value is -0.600. The third kappa shape index (κ3) is 1.28. The normalized spacial score (nSPS) is 24.1. The van der Waals surface area contributed by atoms with Crippen LogP contribution >= 0.6 is 0 Å². The summed E-state index contributed by atoms with van der Waals surface area (Å²) in [7, 11) is 0. The number of hydrogen-bond donors (Lipinski definition) is 0. The van der Waals surface area contributed by atoms with Crippen molar-refractivity contribution in [3.63, 3.8) is 0 Å². The molecule has 0 atom stereocenters. The molecule has 10 heavy (non-hydrogen) atoms. The second-order valence-electron chi connectivity index (χ2n) is 3.04. The minimum absolute atomic E-state index is 0.230. The molecule has 0 heterocycles. The van der Waals surface area contributed by atoms with Crippen LogP contribution in [0.1, 0.15) is 32.1 Å². The Morgan fingerprint density at radius 1 is 1.30 bits per heavy atom. The van der Waals surface area contributed by atoms with Crippen LogP contribution in [0, 0.1) is 17.0 Å². The van der Waals surface area contributed by atoms with Gasteiger partial charge in [0.15, 0.2) is 0 Å². The Kier molecular flexibility index (Phi) is 1.92. The predicted molar refractivity (Wildman–Crippen MR) is 38.2 cm³/mol. The van der Waals surface area contributed by atoms with E-state index in [0.29, 0.717) is 12.8 Å². The van der Waals surface area contributed by atoms with Crippen molar-refractivity contribution < 1.29 is 4.92 Å². The van der Waals surface area contributed by atoms with E-state index in [9.17, 15) is 10.1 Å². The molecule has 0 amide bonds. The Bertz CT molecular complexity index is 139. The lowest BCUT2D eigenvalue weighted by Gasteiger charge is -2.24. The van der Waals surface area contributed by atoms with E-state index in [1.807, 2.05) is 0 Å². The topological polar surface area (TPSA) is 43.1 Å². The summed E-state index contributed by atoms with van der Waals surface area (Å²) in [5.41, 5.74) is -0.849. The zero-order chi connectivity index (χ0) is 7.61. The van der Waals surface area contributed by atoms with Crippen LogP contribution in [0.4, 0.5) is 0 Å². The molecule has 3 nitrogen and oxygen atoms in total. The summed E-state index contributed by atoms with van der Waals surface area (Å²) in [6, 6.07) is 0. The van der Waals surface area contributed by atoms with E-state index in [-0.39, 0.29) is 4.92 Å². The fourth-order valence-electron chi connectivity index (χ4n) is 1.39. The predicted octanol–water partition coefficient (Wildman–Crippen LogP) is 1.80. The zero-order valence-corrected chi connectivity index (χ0v) is 6.01. The van der Waals surface area contributed by atoms with E-state index < -0.39 is 5.54 Å². The molecule has 1 aliphatic rings. The van der Waals surface area contributed by atoms with E-state index in [1.165, 1.54) is 0 Å². The van der Waals surface area contributed by atoms with E-state index in [0.717, 1.165) is 19.3 Å². The lowest BCUT2D eigenvalue weighted by atomic mass is 9.84. The maximum absolute atomic E-state index is 10.4. The van der Waals surface area contributed by atoms with Crippen LogP contribution in [0.2, 0.25) is 0 Å². The molecule has 1 fully saturated rings. The maximum Gasteiger partial charge on any atom is 0.222 e. The third-order valence-corrected chi connectivity index (χ3v) is 2.17. The average molecular weight is 142 g/mol. The number of rotatable bonds is 1. The number of hydrogen-bond acceptors (Lipinski definition) is 2. The second kappa shape index (κ2) is 2.56. The molecule has 0 aliphatic heterocycles. The van der Waals surface area contributed by atoms with Crippen LogP contribution in [-0.4, -0.2) is 10.5 Å². The highest BCUT2D eigenvalue weighted by molar-refractivity contribution is 4.85. The molecule has 0 spiro atoms. The molecular formula is C7H12NO2. The van der Waals surface area contributed by atoms with Gasteiger partial charge in [0.1, 0.15) is 0 Å². The quantitative estimate of drug-likeness (QED) is 0.414. The number of nitro groups is 1. The van der Waals surface area contributed by atoms with Gasteiger partial charge in [-0.2, -0.15) is 0 Å². The molecule has 3 heteroatoms. The SMILES string of the molecule is [CH2]C1([N+](=O)[O-])CCCCC1. The molecule has 1 saturated carbocycles. The van der Waals surface area contributed by atoms with Gasteiger partial charge in [-0.1, -0.05) is 6.42 Å². The van der Waals surface area contributed by atoms with Crippen LogP contribution in [0.5, 0.6) is 0 Å². The summed E-state index contributed by atoms with van der Waals surface area (Å²) in [5.74, 6) is 0. The lowest BCUT2D eigenvalue weighted by Crippen LogP contribution is -2.36. The van der Waals surface area contributed by atoms with Crippen molar-refractivity contribution in [3.05, 3.63) is 17.0 Å². The molecule has 0 unspecified atom stereocenters. The van der Waals surface area contributed by atoms with Crippen LogP contribution in [0.15, 0.2) is 0 Å². The first-order chi connectivity index (χ1) is 4.65. The van der Waals surface area contributed by atoms with Crippen molar-refractivity contribution in [1.82, 2.24) is 0 Å². The van der Waals surface area contributed by atoms with Crippen LogP contribution in [-0.2, 0) is 0 Å². The van der Waals surface area contributed by atoms with Gasteiger partial charge in [-0.3, -0.25) is 10.1 Å². The molecule has 57 valence electrons. The van der Waals surface area contributed by atoms with E-state index >= 15 is 0 Å². The molecule has 0 aromatic rings. The summed E-state index contributed by atoms with van der Waals surface area (Å²) in [6.07, 6.45) is 4.36. The summed E-state index contributed by atoms with van der Waals surface area (Å²) < 4.78 is 0. The Balaban J connectivity index is 2.56. The van der Waals surface area contributed by atoms with Crippen molar-refractivity contribution in [2.45, 2.75) is 37.6 Å². The second-order valence-corrected chi connectivity index (χ2v) is 3.04. The summed E-state index contributed by atoms with van der Waals surface area (Å²) in [5, 5.41) is 10.4. The first-order valence-electron chi connectivity index (χ1n) is 3.65. The number of nitrogens with zero attached hydrogens (tertiary/aromatic N) is 1. The fourth-order valence-corrected chi connectivity index (χ4v) is 1.39.